The van der Waals surface area contributed by atoms with Crippen LogP contribution >= 0.6 is 0 Å². The summed E-state index contributed by atoms with van der Waals surface area (Å²) in [6, 6.07) is 10.2. The van der Waals surface area contributed by atoms with Crippen molar-refractivity contribution in [3.8, 4) is 0 Å². The maximum absolute atomic E-state index is 11.7. The third kappa shape index (κ3) is 6.71. The topological polar surface area (TPSA) is 59.6 Å². The number of morpholine rings is 1. The van der Waals surface area contributed by atoms with Gasteiger partial charge in [-0.05, 0) is 12.0 Å². The fraction of sp³-hybridized carbons (Fsp3) is 0.562. The average molecular weight is 292 g/mol. The first-order valence-corrected chi connectivity index (χ1v) is 7.54. The fourth-order valence-electron chi connectivity index (χ4n) is 2.21. The highest BCUT2D eigenvalue weighted by Gasteiger charge is 2.16. The largest absolute Gasteiger partial charge is 0.378 e. The molecule has 1 atom stereocenters. The molecule has 0 spiro atoms. The van der Waals surface area contributed by atoms with Crippen LogP contribution < -0.4 is 10.6 Å². The van der Waals surface area contributed by atoms with E-state index in [1.165, 1.54) is 5.56 Å². The number of carbonyl (C=O) groups is 1. The van der Waals surface area contributed by atoms with Crippen LogP contribution in [0.4, 0.5) is 0 Å². The van der Waals surface area contributed by atoms with Gasteiger partial charge in [-0.1, -0.05) is 30.3 Å². The predicted octanol–water partition coefficient (Wildman–Crippen LogP) is 1.09. The van der Waals surface area contributed by atoms with E-state index < -0.39 is 0 Å². The Labute approximate surface area is 126 Å². The van der Waals surface area contributed by atoms with Crippen LogP contribution in [0.2, 0.25) is 0 Å². The van der Waals surface area contributed by atoms with E-state index in [0.29, 0.717) is 32.8 Å². The van der Waals surface area contributed by atoms with Gasteiger partial charge in [-0.25, -0.2) is 0 Å². The molecule has 0 aliphatic carbocycles. The van der Waals surface area contributed by atoms with Crippen LogP contribution in [0, 0.1) is 0 Å². The smallest absolute Gasteiger partial charge is 0.221 e. The molecule has 1 fully saturated rings. The second-order valence-corrected chi connectivity index (χ2v) is 5.17. The first kappa shape index (κ1) is 15.9. The molecule has 2 rings (SSSR count). The number of hydrogen-bond acceptors (Lipinski definition) is 4. The van der Waals surface area contributed by atoms with E-state index in [4.69, 9.17) is 9.47 Å². The Bertz CT molecular complexity index is 405. The third-order valence-corrected chi connectivity index (χ3v) is 3.33. The molecule has 5 heteroatoms. The van der Waals surface area contributed by atoms with E-state index in [2.05, 4.69) is 10.6 Å². The summed E-state index contributed by atoms with van der Waals surface area (Å²) >= 11 is 0. The molecule has 1 aliphatic rings. The van der Waals surface area contributed by atoms with Crippen LogP contribution in [0.25, 0.3) is 0 Å². The highest BCUT2D eigenvalue weighted by Crippen LogP contribution is 2.01. The van der Waals surface area contributed by atoms with Crippen molar-refractivity contribution in [1.29, 1.82) is 0 Å². The molecule has 21 heavy (non-hydrogen) atoms. The molecular formula is C16H24N2O3. The standard InChI is InChI=1S/C16H24N2O3/c19-16(11-15-13-21-10-8-17-15)18-7-4-9-20-12-14-5-2-1-3-6-14/h1-3,5-6,15,17H,4,7-13H2,(H,18,19). The number of ether oxygens (including phenoxy) is 2. The first-order chi connectivity index (χ1) is 10.3. The van der Waals surface area contributed by atoms with Gasteiger partial charge >= 0.3 is 0 Å². The molecule has 1 aromatic rings. The number of carbonyl (C=O) groups excluding carboxylic acids is 1. The van der Waals surface area contributed by atoms with Crippen molar-refractivity contribution in [2.24, 2.45) is 0 Å². The Morgan fingerprint density at radius 1 is 1.38 bits per heavy atom. The summed E-state index contributed by atoms with van der Waals surface area (Å²) < 4.78 is 10.9. The number of hydrogen-bond donors (Lipinski definition) is 2. The molecule has 1 saturated heterocycles. The van der Waals surface area contributed by atoms with Crippen LogP contribution in [0.1, 0.15) is 18.4 Å². The second-order valence-electron chi connectivity index (χ2n) is 5.17. The quantitative estimate of drug-likeness (QED) is 0.704. The molecule has 1 unspecified atom stereocenters. The fourth-order valence-corrected chi connectivity index (χ4v) is 2.21. The van der Waals surface area contributed by atoms with Gasteiger partial charge in [0.25, 0.3) is 0 Å². The summed E-state index contributed by atoms with van der Waals surface area (Å²) in [7, 11) is 0. The zero-order valence-corrected chi connectivity index (χ0v) is 12.3. The predicted molar refractivity (Wildman–Crippen MR) is 81.0 cm³/mol. The maximum Gasteiger partial charge on any atom is 0.221 e. The van der Waals surface area contributed by atoms with Crippen molar-refractivity contribution in [1.82, 2.24) is 10.6 Å². The van der Waals surface area contributed by atoms with Gasteiger partial charge in [0.1, 0.15) is 0 Å². The number of amides is 1. The first-order valence-electron chi connectivity index (χ1n) is 7.54. The molecule has 116 valence electrons. The SMILES string of the molecule is O=C(CC1COCCN1)NCCCOCc1ccccc1. The maximum atomic E-state index is 11.7. The van der Waals surface area contributed by atoms with Gasteiger partial charge in [0.15, 0.2) is 0 Å². The van der Waals surface area contributed by atoms with Gasteiger partial charge in [-0.15, -0.1) is 0 Å². The molecule has 0 aromatic heterocycles. The molecule has 1 aromatic carbocycles. The van der Waals surface area contributed by atoms with E-state index in [1.807, 2.05) is 30.3 Å². The summed E-state index contributed by atoms with van der Waals surface area (Å²) in [5.41, 5.74) is 1.17. The second kappa shape index (κ2) is 9.50. The van der Waals surface area contributed by atoms with Gasteiger partial charge in [0.05, 0.1) is 19.8 Å². The summed E-state index contributed by atoms with van der Waals surface area (Å²) in [4.78, 5) is 11.7. The minimum Gasteiger partial charge on any atom is -0.378 e. The van der Waals surface area contributed by atoms with Crippen molar-refractivity contribution in [3.63, 3.8) is 0 Å². The average Bonchev–Trinajstić information content (AvgIpc) is 2.53. The molecule has 1 amide bonds. The van der Waals surface area contributed by atoms with Crippen molar-refractivity contribution >= 4 is 5.91 Å². The van der Waals surface area contributed by atoms with Gasteiger partial charge in [0, 0.05) is 32.2 Å². The Hall–Kier alpha value is -1.43. The van der Waals surface area contributed by atoms with Crippen molar-refractivity contribution in [2.45, 2.75) is 25.5 Å². The van der Waals surface area contributed by atoms with E-state index in [-0.39, 0.29) is 11.9 Å². The van der Waals surface area contributed by atoms with Crippen molar-refractivity contribution in [3.05, 3.63) is 35.9 Å². The van der Waals surface area contributed by atoms with Gasteiger partial charge in [0.2, 0.25) is 5.91 Å². The zero-order chi connectivity index (χ0) is 14.8. The van der Waals surface area contributed by atoms with Crippen LogP contribution in [-0.2, 0) is 20.9 Å². The van der Waals surface area contributed by atoms with E-state index >= 15 is 0 Å². The van der Waals surface area contributed by atoms with Crippen LogP contribution in [-0.4, -0.2) is 44.9 Å². The Morgan fingerprint density at radius 3 is 3.00 bits per heavy atom. The summed E-state index contributed by atoms with van der Waals surface area (Å²) in [5.74, 6) is 0.0704. The lowest BCUT2D eigenvalue weighted by molar-refractivity contribution is -0.122. The Morgan fingerprint density at radius 2 is 2.24 bits per heavy atom. The van der Waals surface area contributed by atoms with Crippen LogP contribution in [0.5, 0.6) is 0 Å². The summed E-state index contributed by atoms with van der Waals surface area (Å²) in [6.07, 6.45) is 1.30. The summed E-state index contributed by atoms with van der Waals surface area (Å²) in [5, 5.41) is 6.18. The highest BCUT2D eigenvalue weighted by atomic mass is 16.5. The number of rotatable bonds is 8. The van der Waals surface area contributed by atoms with E-state index in [0.717, 1.165) is 19.6 Å². The minimum absolute atomic E-state index is 0.0704. The van der Waals surface area contributed by atoms with E-state index in [9.17, 15) is 4.79 Å². The van der Waals surface area contributed by atoms with Crippen LogP contribution in [0.3, 0.4) is 0 Å². The molecule has 0 saturated carbocycles. The lowest BCUT2D eigenvalue weighted by atomic mass is 10.2. The van der Waals surface area contributed by atoms with Gasteiger partial charge in [-0.2, -0.15) is 0 Å². The van der Waals surface area contributed by atoms with Crippen LogP contribution in [0.15, 0.2) is 30.3 Å². The lowest BCUT2D eigenvalue weighted by Crippen LogP contribution is -2.44. The third-order valence-electron chi connectivity index (χ3n) is 3.33. The molecule has 1 heterocycles. The molecule has 0 radical (unpaired) electrons. The zero-order valence-electron chi connectivity index (χ0n) is 12.3. The minimum atomic E-state index is 0.0704. The molecule has 0 bridgehead atoms. The van der Waals surface area contributed by atoms with Crippen molar-refractivity contribution in [2.75, 3.05) is 32.9 Å². The normalized spacial score (nSPS) is 18.4. The number of benzene rings is 1. The molecule has 1 aliphatic heterocycles. The molecule has 2 N–H and O–H groups in total. The van der Waals surface area contributed by atoms with Crippen molar-refractivity contribution < 1.29 is 14.3 Å². The van der Waals surface area contributed by atoms with Gasteiger partial charge < -0.3 is 20.1 Å². The number of nitrogens with one attached hydrogen (secondary N) is 2. The lowest BCUT2D eigenvalue weighted by Gasteiger charge is -2.23. The monoisotopic (exact) mass is 292 g/mol. The van der Waals surface area contributed by atoms with Gasteiger partial charge in [-0.3, -0.25) is 4.79 Å². The Kier molecular flexibility index (Phi) is 7.21. The summed E-state index contributed by atoms with van der Waals surface area (Å²) in [6.45, 7) is 4.11. The Balaban J connectivity index is 1.46. The molecule has 5 nitrogen and oxygen atoms in total. The molecular weight excluding hydrogens is 268 g/mol. The van der Waals surface area contributed by atoms with E-state index in [1.54, 1.807) is 0 Å². The highest BCUT2D eigenvalue weighted by molar-refractivity contribution is 5.76.